The Balaban J connectivity index is 2.34. The number of hydrogen-bond acceptors (Lipinski definition) is 3. The van der Waals surface area contributed by atoms with Crippen molar-refractivity contribution in [3.05, 3.63) is 0 Å². The number of carbonyl (C=O) groups is 1. The lowest BCUT2D eigenvalue weighted by atomic mass is 10.4. The predicted octanol–water partition coefficient (Wildman–Crippen LogP) is 0.607. The number of aliphatic carboxylic acids is 1. The zero-order valence-corrected chi connectivity index (χ0v) is 8.71. The quantitative estimate of drug-likeness (QED) is 0.527. The lowest BCUT2D eigenvalue weighted by Crippen LogP contribution is -2.21. The van der Waals surface area contributed by atoms with Crippen LogP contribution in [0.3, 0.4) is 0 Å². The van der Waals surface area contributed by atoms with Crippen molar-refractivity contribution in [1.82, 2.24) is 4.31 Å². The van der Waals surface area contributed by atoms with Gasteiger partial charge in [0, 0.05) is 11.4 Å². The molecule has 0 aromatic carbocycles. The smallest absolute Gasteiger partial charge is 0.327 e. The Morgan fingerprint density at radius 1 is 1.69 bits per heavy atom. The molecule has 4 unspecified atom stereocenters. The van der Waals surface area contributed by atoms with Gasteiger partial charge in [0.1, 0.15) is 5.75 Å². The average Bonchev–Trinajstić information content (AvgIpc) is 2.73. The second-order valence-corrected chi connectivity index (χ2v) is 4.74. The molecule has 1 aliphatic heterocycles. The molecule has 13 heavy (non-hydrogen) atoms. The Labute approximate surface area is 81.2 Å². The van der Waals surface area contributed by atoms with Gasteiger partial charge in [-0.05, 0) is 13.3 Å². The number of rotatable bonds is 5. The molecule has 0 saturated carbocycles. The van der Waals surface area contributed by atoms with Crippen LogP contribution < -0.4 is 0 Å². The molecular weight excluding hydrogens is 190 g/mol. The molecule has 5 heteroatoms. The topological polar surface area (TPSA) is 63.4 Å². The van der Waals surface area contributed by atoms with Gasteiger partial charge in [0.2, 0.25) is 0 Å². The highest BCUT2D eigenvalue weighted by Gasteiger charge is 2.57. The van der Waals surface area contributed by atoms with Crippen LogP contribution in [0.15, 0.2) is 0 Å². The van der Waals surface area contributed by atoms with Crippen LogP contribution in [-0.2, 0) is 16.2 Å². The molecule has 0 aliphatic carbocycles. The van der Waals surface area contributed by atoms with Crippen LogP contribution in [0.1, 0.15) is 26.7 Å². The van der Waals surface area contributed by atoms with Crippen LogP contribution in [0.2, 0.25) is 0 Å². The van der Waals surface area contributed by atoms with Crippen molar-refractivity contribution in [3.8, 4) is 0 Å². The van der Waals surface area contributed by atoms with E-state index in [4.69, 9.17) is 5.11 Å². The van der Waals surface area contributed by atoms with Crippen LogP contribution in [-0.4, -0.2) is 37.8 Å². The van der Waals surface area contributed by atoms with E-state index in [1.54, 1.807) is 11.2 Å². The summed E-state index contributed by atoms with van der Waals surface area (Å²) in [6.45, 7) is 3.82. The number of hydrogen-bond donors (Lipinski definition) is 1. The molecule has 0 bridgehead atoms. The van der Waals surface area contributed by atoms with E-state index in [0.717, 1.165) is 12.8 Å². The maximum atomic E-state index is 11.5. The van der Waals surface area contributed by atoms with Gasteiger partial charge in [0.15, 0.2) is 6.04 Å². The third-order valence-corrected chi connectivity index (χ3v) is 3.87. The van der Waals surface area contributed by atoms with Gasteiger partial charge in [-0.2, -0.15) is 0 Å². The maximum Gasteiger partial charge on any atom is 0.327 e. The van der Waals surface area contributed by atoms with E-state index in [1.165, 1.54) is 0 Å². The van der Waals surface area contributed by atoms with E-state index in [9.17, 15) is 9.35 Å². The Morgan fingerprint density at radius 2 is 2.31 bits per heavy atom. The third kappa shape index (κ3) is 2.36. The summed E-state index contributed by atoms with van der Waals surface area (Å²) >= 11 is -1.09. The average molecular weight is 205 g/mol. The standard InChI is InChI=1S/C8H15NO3S/c1-3-4-5-13(12)9-6(2)7(9)8(10)11/h6-7H,3-5H2,1-2H3,(H,10,11). The van der Waals surface area contributed by atoms with E-state index < -0.39 is 23.4 Å². The van der Waals surface area contributed by atoms with Gasteiger partial charge in [0.25, 0.3) is 0 Å². The fourth-order valence-electron chi connectivity index (χ4n) is 1.32. The van der Waals surface area contributed by atoms with Gasteiger partial charge in [-0.25, -0.2) is 0 Å². The van der Waals surface area contributed by atoms with Gasteiger partial charge in [-0.1, -0.05) is 13.3 Å². The monoisotopic (exact) mass is 205 g/mol. The Hall–Kier alpha value is -0.260. The van der Waals surface area contributed by atoms with Crippen LogP contribution in [0, 0.1) is 0 Å². The van der Waals surface area contributed by atoms with E-state index in [0.29, 0.717) is 5.75 Å². The minimum Gasteiger partial charge on any atom is -0.598 e. The van der Waals surface area contributed by atoms with E-state index >= 15 is 0 Å². The van der Waals surface area contributed by atoms with E-state index in [-0.39, 0.29) is 6.04 Å². The van der Waals surface area contributed by atoms with Crippen LogP contribution in [0.25, 0.3) is 0 Å². The highest BCUT2D eigenvalue weighted by Crippen LogP contribution is 2.32. The predicted molar refractivity (Wildman–Crippen MR) is 50.6 cm³/mol. The third-order valence-electron chi connectivity index (χ3n) is 2.20. The van der Waals surface area contributed by atoms with Gasteiger partial charge in [-0.15, -0.1) is 4.31 Å². The lowest BCUT2D eigenvalue weighted by molar-refractivity contribution is -0.136. The molecule has 1 rings (SSSR count). The van der Waals surface area contributed by atoms with E-state index in [1.807, 2.05) is 6.92 Å². The van der Waals surface area contributed by atoms with Gasteiger partial charge >= 0.3 is 5.97 Å². The molecule has 1 heterocycles. The first-order chi connectivity index (χ1) is 6.09. The normalized spacial score (nSPS) is 34.2. The molecule has 76 valence electrons. The van der Waals surface area contributed by atoms with Crippen molar-refractivity contribution >= 4 is 17.3 Å². The Bertz CT molecular complexity index is 200. The van der Waals surface area contributed by atoms with Gasteiger partial charge in [0.05, 0.1) is 6.04 Å². The summed E-state index contributed by atoms with van der Waals surface area (Å²) in [6, 6.07) is -0.576. The summed E-state index contributed by atoms with van der Waals surface area (Å²) in [6.07, 6.45) is 1.88. The van der Waals surface area contributed by atoms with Gasteiger partial charge < -0.3 is 9.66 Å². The number of carboxylic acids is 1. The fraction of sp³-hybridized carbons (Fsp3) is 0.875. The summed E-state index contributed by atoms with van der Waals surface area (Å²) in [5.41, 5.74) is 0. The molecule has 1 N–H and O–H groups in total. The van der Waals surface area contributed by atoms with Crippen molar-refractivity contribution < 1.29 is 14.5 Å². The second-order valence-electron chi connectivity index (χ2n) is 3.26. The van der Waals surface area contributed by atoms with Crippen molar-refractivity contribution in [1.29, 1.82) is 0 Å². The molecule has 0 amide bonds. The fourth-order valence-corrected chi connectivity index (χ4v) is 3.02. The Kier molecular flexibility index (Phi) is 3.58. The molecule has 1 aliphatic rings. The molecule has 4 atom stereocenters. The molecule has 1 fully saturated rings. The first kappa shape index (κ1) is 10.8. The summed E-state index contributed by atoms with van der Waals surface area (Å²) < 4.78 is 13.0. The maximum absolute atomic E-state index is 11.5. The molecular formula is C8H15NO3S. The van der Waals surface area contributed by atoms with Crippen LogP contribution in [0.4, 0.5) is 0 Å². The van der Waals surface area contributed by atoms with Gasteiger partial charge in [-0.3, -0.25) is 4.79 Å². The van der Waals surface area contributed by atoms with E-state index in [2.05, 4.69) is 0 Å². The SMILES string of the molecule is CCCC[S+]([O-])N1C(C)C1C(=O)O. The second kappa shape index (κ2) is 4.30. The molecule has 0 aromatic heterocycles. The summed E-state index contributed by atoms with van der Waals surface area (Å²) in [7, 11) is 0. The van der Waals surface area contributed by atoms with Crippen LogP contribution in [0.5, 0.6) is 0 Å². The first-order valence-electron chi connectivity index (χ1n) is 4.49. The Morgan fingerprint density at radius 3 is 2.69 bits per heavy atom. The summed E-state index contributed by atoms with van der Waals surface area (Å²) in [5.74, 6) is -0.276. The summed E-state index contributed by atoms with van der Waals surface area (Å²) in [4.78, 5) is 10.6. The van der Waals surface area contributed by atoms with Crippen molar-refractivity contribution in [2.45, 2.75) is 38.8 Å². The molecule has 0 aromatic rings. The highest BCUT2D eigenvalue weighted by atomic mass is 32.2. The minimum absolute atomic E-state index is 0.0600. The van der Waals surface area contributed by atoms with Crippen molar-refractivity contribution in [3.63, 3.8) is 0 Å². The zero-order chi connectivity index (χ0) is 10.0. The zero-order valence-electron chi connectivity index (χ0n) is 7.90. The highest BCUT2D eigenvalue weighted by molar-refractivity contribution is 7.89. The lowest BCUT2D eigenvalue weighted by Gasteiger charge is -2.09. The minimum atomic E-state index is -1.09. The molecule has 1 saturated heterocycles. The first-order valence-corrected chi connectivity index (χ1v) is 5.76. The molecule has 4 nitrogen and oxygen atoms in total. The molecule has 0 radical (unpaired) electrons. The number of carboxylic acid groups (broad SMARTS) is 1. The summed E-state index contributed by atoms with van der Waals surface area (Å²) in [5, 5.41) is 8.69. The largest absolute Gasteiger partial charge is 0.598 e. The number of nitrogens with zero attached hydrogens (tertiary/aromatic N) is 1. The number of unbranched alkanes of at least 4 members (excludes halogenated alkanes) is 1. The van der Waals surface area contributed by atoms with Crippen LogP contribution >= 0.6 is 0 Å². The van der Waals surface area contributed by atoms with Crippen molar-refractivity contribution in [2.24, 2.45) is 0 Å². The van der Waals surface area contributed by atoms with Crippen molar-refractivity contribution in [2.75, 3.05) is 5.75 Å². The molecule has 0 spiro atoms.